The summed E-state index contributed by atoms with van der Waals surface area (Å²) in [4.78, 5) is 154. The second kappa shape index (κ2) is 54.7. The number of esters is 2. The van der Waals surface area contributed by atoms with Crippen molar-refractivity contribution in [2.24, 2.45) is 23.7 Å². The van der Waals surface area contributed by atoms with Crippen molar-refractivity contribution < 1.29 is 77.2 Å². The van der Waals surface area contributed by atoms with Gasteiger partial charge in [-0.15, -0.1) is 26.3 Å². The van der Waals surface area contributed by atoms with Gasteiger partial charge < -0.3 is 19.7 Å². The molecule has 0 bridgehead atoms. The Labute approximate surface area is 868 Å². The number of carbonyl (C=O) groups is 12. The largest absolute Gasteiger partial charge is 0.508 e. The summed E-state index contributed by atoms with van der Waals surface area (Å²) < 4.78 is 11.8. The van der Waals surface area contributed by atoms with Crippen molar-refractivity contribution in [3.63, 3.8) is 0 Å². The number of amides is 10. The molecular weight excluding hydrogens is 1840 g/mol. The van der Waals surface area contributed by atoms with Gasteiger partial charge in [0.05, 0.1) is 28.2 Å². The number of ether oxygens (including phenoxy) is 2. The van der Waals surface area contributed by atoms with Gasteiger partial charge >= 0.3 is 11.9 Å². The van der Waals surface area contributed by atoms with Crippen molar-refractivity contribution in [2.45, 2.75) is 271 Å². The highest BCUT2D eigenvalue weighted by Crippen LogP contribution is 2.49. The number of aromatic hydroxyl groups is 2. The number of phenolic OH excluding ortho intramolecular Hbond substituents is 2. The number of rotatable bonds is 53. The van der Waals surface area contributed by atoms with Crippen molar-refractivity contribution in [3.05, 3.63) is 353 Å². The molecule has 14 rings (SSSR count). The van der Waals surface area contributed by atoms with Gasteiger partial charge in [-0.25, -0.2) is 24.3 Å². The van der Waals surface area contributed by atoms with Crippen LogP contribution in [0.5, 0.6) is 23.0 Å². The lowest BCUT2D eigenvalue weighted by Gasteiger charge is -2.44. The van der Waals surface area contributed by atoms with Crippen molar-refractivity contribution in [2.75, 3.05) is 27.8 Å². The molecule has 0 aromatic heterocycles. The molecule has 1 aliphatic carbocycles. The summed E-state index contributed by atoms with van der Waals surface area (Å²) in [6.07, 6.45) is 59.4. The van der Waals surface area contributed by atoms with Gasteiger partial charge in [0, 0.05) is 84.7 Å². The standard InChI is InChI=1S/C50H50O6.C44H74N2O4.C32H21N3O6/c1-9-14-33-29-39(20-24-43(33)51)49(5,6)41-22-26-45(35(31-41)16-11-3)55-47(53)37-18-13-19-38(28-37)48(54)56-46-27-23-42(32-36(46)17-12-4)50(7,8)40-21-25-44(52)34(30-40)15-10-2;1-3-5-7-9-15-21-27-39-37(25-19-8-6-4-2)29-30-38(26-20-14-10-12-17-23-35-45-41(47)31-32-42(45)48)40(39)28-22-16-11-13-18-24-36-46-43(49)33-34-44(46)50;36-26-12-13-27(37)33(26)24-8-4-20(5-9-24)18-22-2-1-3-23(32(22)35-30(40)16-17-31(35)41)19-21-6-10-25(11-7-21)34-28(38)14-15-29(34)39/h9-13,18-32,51-52H,1-4,14-17H2,5-8H3;31-34,37-40H,3-30,35-36H2,1-2H3;1-17H,18-19H2. The highest BCUT2D eigenvalue weighted by atomic mass is 16.5. The zero-order valence-electron chi connectivity index (χ0n) is 86.6. The Balaban J connectivity index is 0.000000198. The van der Waals surface area contributed by atoms with E-state index in [0.29, 0.717) is 80.2 Å². The lowest BCUT2D eigenvalue weighted by molar-refractivity contribution is -0.138. The minimum absolute atomic E-state index is 0.153. The fourth-order valence-electron chi connectivity index (χ4n) is 21.1. The molecule has 770 valence electrons. The number of nitrogens with zero attached hydrogens (tertiary/aromatic N) is 5. The van der Waals surface area contributed by atoms with Crippen LogP contribution in [0.1, 0.15) is 309 Å². The minimum atomic E-state index is -0.617. The van der Waals surface area contributed by atoms with Crippen LogP contribution in [0.25, 0.3) is 0 Å². The molecule has 2 N–H and O–H groups in total. The third-order valence-electron chi connectivity index (χ3n) is 29.6. The molecule has 8 aromatic rings. The van der Waals surface area contributed by atoms with Crippen molar-refractivity contribution in [1.82, 2.24) is 9.80 Å². The predicted octanol–water partition coefficient (Wildman–Crippen LogP) is 25.5. The normalized spacial score (nSPS) is 16.4. The molecule has 10 amide bonds. The fourth-order valence-corrected chi connectivity index (χ4v) is 21.1. The molecule has 1 saturated carbocycles. The third-order valence-corrected chi connectivity index (χ3v) is 29.6. The second-order valence-corrected chi connectivity index (χ2v) is 40.5. The van der Waals surface area contributed by atoms with Crippen LogP contribution < -0.4 is 24.2 Å². The summed E-state index contributed by atoms with van der Waals surface area (Å²) in [7, 11) is 0. The highest BCUT2D eigenvalue weighted by molar-refractivity contribution is 6.30. The fraction of sp³-hybridized carbons (Fsp3) is 0.381. The predicted molar refractivity (Wildman–Crippen MR) is 581 cm³/mol. The molecular formula is C126H145N5O16. The van der Waals surface area contributed by atoms with Crippen LogP contribution in [0.3, 0.4) is 0 Å². The van der Waals surface area contributed by atoms with Crippen LogP contribution in [0.2, 0.25) is 0 Å². The van der Waals surface area contributed by atoms with Crippen LogP contribution in [0, 0.1) is 23.7 Å². The molecule has 5 heterocycles. The van der Waals surface area contributed by atoms with E-state index >= 15 is 0 Å². The highest BCUT2D eigenvalue weighted by Gasteiger charge is 2.40. The lowest BCUT2D eigenvalue weighted by Crippen LogP contribution is -2.35. The number of hydrogen-bond acceptors (Lipinski definition) is 16. The second-order valence-electron chi connectivity index (χ2n) is 40.5. The zero-order chi connectivity index (χ0) is 105. The summed E-state index contributed by atoms with van der Waals surface area (Å²) >= 11 is 0. The van der Waals surface area contributed by atoms with Crippen molar-refractivity contribution in [3.8, 4) is 23.0 Å². The number of phenols is 2. The average molecular weight is 1990 g/mol. The van der Waals surface area contributed by atoms with Gasteiger partial charge in [-0.1, -0.05) is 304 Å². The maximum Gasteiger partial charge on any atom is 0.343 e. The van der Waals surface area contributed by atoms with E-state index in [4.69, 9.17) is 9.47 Å². The Bertz CT molecular complexity index is 5910. The van der Waals surface area contributed by atoms with Crippen molar-refractivity contribution in [1.29, 1.82) is 0 Å². The minimum Gasteiger partial charge on any atom is -0.508 e. The molecule has 6 aliphatic rings. The Morgan fingerprint density at radius 1 is 0.327 bits per heavy atom. The van der Waals surface area contributed by atoms with Gasteiger partial charge in [-0.05, 0) is 234 Å². The van der Waals surface area contributed by atoms with Gasteiger partial charge in [0.15, 0.2) is 0 Å². The van der Waals surface area contributed by atoms with E-state index in [-0.39, 0.29) is 46.3 Å². The Kier molecular flexibility index (Phi) is 41.5. The number of anilines is 3. The van der Waals surface area contributed by atoms with E-state index in [1.165, 1.54) is 231 Å². The van der Waals surface area contributed by atoms with E-state index in [1.54, 1.807) is 115 Å². The number of allylic oxidation sites excluding steroid dienone is 4. The molecule has 0 spiro atoms. The monoisotopic (exact) mass is 1980 g/mol. The van der Waals surface area contributed by atoms with Crippen LogP contribution >= 0.6 is 0 Å². The SMILES string of the molecule is C=CCc1cc(C(C)(C)c2ccc(OC(=O)c3cccc(C(=O)Oc4ccc(C(C)(C)c5ccc(O)c(CC=C)c5)cc4CC=C)c3)c(CC=C)c2)ccc1O.CCCCCCCCC1C(CCCCCC)CCC(CCCCCCCCN2C(=O)C=CC2=O)C1CCCCCCCCN1C(=O)C=CC1=O.O=C1C=CC(=O)N1c1ccc(Cc2cccc(Cc3ccc(N4C(=O)C=CC4=O)cc3)c2N2C(=O)C=CC2=O)cc1. The number of unbranched alkanes of at least 4 members (excludes halogenated alkanes) is 18. The van der Waals surface area contributed by atoms with Crippen LogP contribution in [0.4, 0.5) is 17.1 Å². The molecule has 5 aliphatic heterocycles. The zero-order valence-corrected chi connectivity index (χ0v) is 86.6. The molecule has 4 atom stereocenters. The first-order chi connectivity index (χ1) is 71.0. The van der Waals surface area contributed by atoms with E-state index in [2.05, 4.69) is 67.9 Å². The molecule has 147 heavy (non-hydrogen) atoms. The van der Waals surface area contributed by atoms with Crippen molar-refractivity contribution >= 4 is 88.1 Å². The number of benzene rings is 8. The van der Waals surface area contributed by atoms with E-state index < -0.39 is 58.2 Å². The quantitative estimate of drug-likeness (QED) is 0.0118. The van der Waals surface area contributed by atoms with Gasteiger partial charge in [0.1, 0.15) is 23.0 Å². The summed E-state index contributed by atoms with van der Waals surface area (Å²) in [6.45, 7) is 29.6. The Hall–Kier alpha value is -14.3. The summed E-state index contributed by atoms with van der Waals surface area (Å²) in [5.74, 6) is 0.519. The first-order valence-corrected chi connectivity index (χ1v) is 52.9. The van der Waals surface area contributed by atoms with E-state index in [1.807, 2.05) is 66.7 Å². The van der Waals surface area contributed by atoms with E-state index in [0.717, 1.165) is 131 Å². The van der Waals surface area contributed by atoms with E-state index in [9.17, 15) is 67.7 Å². The van der Waals surface area contributed by atoms with Gasteiger partial charge in [0.25, 0.3) is 59.1 Å². The molecule has 21 nitrogen and oxygen atoms in total. The lowest BCUT2D eigenvalue weighted by atomic mass is 9.61. The smallest absolute Gasteiger partial charge is 0.343 e. The Morgan fingerprint density at radius 3 is 0.973 bits per heavy atom. The summed E-state index contributed by atoms with van der Waals surface area (Å²) in [5.41, 5.74) is 11.3. The molecule has 21 heteroatoms. The molecule has 0 saturated heterocycles. The third kappa shape index (κ3) is 30.0. The summed E-state index contributed by atoms with van der Waals surface area (Å²) in [6, 6.07) is 48.4. The molecule has 4 unspecified atom stereocenters. The van der Waals surface area contributed by atoms with Gasteiger partial charge in [0.2, 0.25) is 0 Å². The maximum absolute atomic E-state index is 13.5. The number of hydrogen-bond donors (Lipinski definition) is 2. The average Bonchev–Trinajstić information content (AvgIpc) is 1.74. The number of imide groups is 5. The number of para-hydroxylation sites is 1. The molecule has 8 aromatic carbocycles. The first kappa shape index (κ1) is 111. The van der Waals surface area contributed by atoms with Gasteiger partial charge in [-0.3, -0.25) is 57.7 Å². The molecule has 0 radical (unpaired) electrons. The number of carbonyl (C=O) groups excluding carboxylic acids is 12. The van der Waals surface area contributed by atoms with Gasteiger partial charge in [-0.2, -0.15) is 0 Å². The Morgan fingerprint density at radius 2 is 0.619 bits per heavy atom. The topological polar surface area (TPSA) is 280 Å². The first-order valence-electron chi connectivity index (χ1n) is 52.9. The van der Waals surface area contributed by atoms with Crippen LogP contribution in [-0.2, 0) is 97.3 Å². The molecule has 1 fully saturated rings. The summed E-state index contributed by atoms with van der Waals surface area (Å²) in [5, 5.41) is 20.6. The maximum atomic E-state index is 13.5. The van der Waals surface area contributed by atoms with Crippen LogP contribution in [0.15, 0.2) is 275 Å². The van der Waals surface area contributed by atoms with Crippen LogP contribution in [-0.4, -0.2) is 104 Å².